The molecule has 0 aromatic rings. The first kappa shape index (κ1) is 14.3. The van der Waals surface area contributed by atoms with Crippen LogP contribution >= 0.6 is 0 Å². The van der Waals surface area contributed by atoms with Gasteiger partial charge in [-0.2, -0.15) is 0 Å². The van der Waals surface area contributed by atoms with Gasteiger partial charge in [0.15, 0.2) is 0 Å². The van der Waals surface area contributed by atoms with E-state index in [-0.39, 0.29) is 6.61 Å². The van der Waals surface area contributed by atoms with Gasteiger partial charge < -0.3 is 15.3 Å². The number of hydrogen-bond acceptors (Lipinski definition) is 4. The quantitative estimate of drug-likeness (QED) is 0.696. The number of aliphatic hydroxyl groups is 1. The van der Waals surface area contributed by atoms with Crippen LogP contribution < -0.4 is 5.32 Å². The fourth-order valence-electron chi connectivity index (χ4n) is 3.13. The first-order chi connectivity index (χ1) is 8.88. The summed E-state index contributed by atoms with van der Waals surface area (Å²) in [4.78, 5) is 5.01. The summed E-state index contributed by atoms with van der Waals surface area (Å²) in [7, 11) is 0. The molecule has 0 aromatic heterocycles. The Bertz CT molecular complexity index is 213. The Morgan fingerprint density at radius 2 is 1.94 bits per heavy atom. The highest BCUT2D eigenvalue weighted by Gasteiger charge is 2.18. The highest BCUT2D eigenvalue weighted by atomic mass is 16.3. The van der Waals surface area contributed by atoms with Crippen LogP contribution in [0.25, 0.3) is 0 Å². The van der Waals surface area contributed by atoms with Crippen LogP contribution in [0.2, 0.25) is 0 Å². The largest absolute Gasteiger partial charge is 0.395 e. The fraction of sp³-hybridized carbons (Fsp3) is 1.00. The van der Waals surface area contributed by atoms with Crippen LogP contribution in [0.5, 0.6) is 0 Å². The smallest absolute Gasteiger partial charge is 0.0558 e. The lowest BCUT2D eigenvalue weighted by molar-refractivity contribution is 0.150. The molecule has 4 nitrogen and oxygen atoms in total. The molecule has 0 bridgehead atoms. The lowest BCUT2D eigenvalue weighted by Crippen LogP contribution is -2.43. The van der Waals surface area contributed by atoms with Gasteiger partial charge in [-0.05, 0) is 45.3 Å². The van der Waals surface area contributed by atoms with Crippen molar-refractivity contribution >= 4 is 0 Å². The highest BCUT2D eigenvalue weighted by Crippen LogP contribution is 2.10. The summed E-state index contributed by atoms with van der Waals surface area (Å²) in [6.45, 7) is 8.21. The Kier molecular flexibility index (Phi) is 6.41. The molecule has 4 heteroatoms. The van der Waals surface area contributed by atoms with E-state index in [0.29, 0.717) is 6.04 Å². The SMILES string of the molecule is OCCN(CCN1CCCCC1)CC1CCCN1. The van der Waals surface area contributed by atoms with Crippen molar-refractivity contribution in [1.82, 2.24) is 15.1 Å². The Morgan fingerprint density at radius 3 is 2.61 bits per heavy atom. The predicted octanol–water partition coefficient (Wildman–Crippen LogP) is 0.519. The molecule has 2 aliphatic rings. The molecule has 0 aromatic carbocycles. The third kappa shape index (κ3) is 4.84. The molecule has 2 heterocycles. The van der Waals surface area contributed by atoms with Gasteiger partial charge in [0.1, 0.15) is 0 Å². The van der Waals surface area contributed by atoms with Gasteiger partial charge >= 0.3 is 0 Å². The Balaban J connectivity index is 1.67. The van der Waals surface area contributed by atoms with E-state index < -0.39 is 0 Å². The first-order valence-electron chi connectivity index (χ1n) is 7.67. The molecular weight excluding hydrogens is 226 g/mol. The van der Waals surface area contributed by atoms with Crippen LogP contribution in [-0.2, 0) is 0 Å². The number of likely N-dealkylation sites (tertiary alicyclic amines) is 1. The van der Waals surface area contributed by atoms with E-state index in [2.05, 4.69) is 15.1 Å². The summed E-state index contributed by atoms with van der Waals surface area (Å²) in [5, 5.41) is 12.7. The molecule has 0 aliphatic carbocycles. The van der Waals surface area contributed by atoms with Gasteiger partial charge in [-0.1, -0.05) is 6.42 Å². The molecule has 0 radical (unpaired) electrons. The van der Waals surface area contributed by atoms with Crippen molar-refractivity contribution in [2.45, 2.75) is 38.1 Å². The molecule has 1 atom stereocenters. The second-order valence-electron chi connectivity index (χ2n) is 5.72. The van der Waals surface area contributed by atoms with Gasteiger partial charge in [-0.3, -0.25) is 4.90 Å². The maximum atomic E-state index is 9.17. The monoisotopic (exact) mass is 255 g/mol. The Labute approximate surface area is 111 Å². The van der Waals surface area contributed by atoms with Crippen molar-refractivity contribution in [2.24, 2.45) is 0 Å². The van der Waals surface area contributed by atoms with Crippen LogP contribution in [0, 0.1) is 0 Å². The first-order valence-corrected chi connectivity index (χ1v) is 7.67. The zero-order valence-electron chi connectivity index (χ0n) is 11.6. The third-order valence-electron chi connectivity index (χ3n) is 4.24. The summed E-state index contributed by atoms with van der Waals surface area (Å²) in [6.07, 6.45) is 6.74. The Morgan fingerprint density at radius 1 is 1.11 bits per heavy atom. The second-order valence-corrected chi connectivity index (χ2v) is 5.72. The van der Waals surface area contributed by atoms with Crippen molar-refractivity contribution in [2.75, 3.05) is 52.4 Å². The van der Waals surface area contributed by atoms with E-state index >= 15 is 0 Å². The summed E-state index contributed by atoms with van der Waals surface area (Å²) >= 11 is 0. The zero-order chi connectivity index (χ0) is 12.6. The van der Waals surface area contributed by atoms with Crippen molar-refractivity contribution < 1.29 is 5.11 Å². The molecule has 1 unspecified atom stereocenters. The number of rotatable bonds is 7. The van der Waals surface area contributed by atoms with Gasteiger partial charge in [0.05, 0.1) is 6.61 Å². The minimum atomic E-state index is 0.284. The Hall–Kier alpha value is -0.160. The predicted molar refractivity (Wildman–Crippen MR) is 74.8 cm³/mol. The number of hydrogen-bond donors (Lipinski definition) is 2. The molecule has 2 N–H and O–H groups in total. The number of nitrogens with zero attached hydrogens (tertiary/aromatic N) is 2. The molecule has 2 fully saturated rings. The van der Waals surface area contributed by atoms with Crippen LogP contribution in [0.1, 0.15) is 32.1 Å². The van der Waals surface area contributed by atoms with E-state index in [1.54, 1.807) is 0 Å². The molecule has 0 saturated carbocycles. The van der Waals surface area contributed by atoms with Crippen LogP contribution in [0.15, 0.2) is 0 Å². The van der Waals surface area contributed by atoms with E-state index in [9.17, 15) is 5.11 Å². The standard InChI is InChI=1S/C14H29N3O/c18-12-11-17(13-14-5-4-6-15-14)10-9-16-7-2-1-3-8-16/h14-15,18H,1-13H2. The molecular formula is C14H29N3O. The second kappa shape index (κ2) is 8.10. The van der Waals surface area contributed by atoms with Gasteiger partial charge in [-0.25, -0.2) is 0 Å². The molecule has 2 saturated heterocycles. The van der Waals surface area contributed by atoms with E-state index in [1.807, 2.05) is 0 Å². The van der Waals surface area contributed by atoms with Crippen molar-refractivity contribution in [3.63, 3.8) is 0 Å². The van der Waals surface area contributed by atoms with E-state index in [4.69, 9.17) is 0 Å². The lowest BCUT2D eigenvalue weighted by atomic mass is 10.1. The zero-order valence-corrected chi connectivity index (χ0v) is 11.6. The normalized spacial score (nSPS) is 26.0. The van der Waals surface area contributed by atoms with Gasteiger partial charge in [0.25, 0.3) is 0 Å². The summed E-state index contributed by atoms with van der Waals surface area (Å²) in [5.74, 6) is 0. The van der Waals surface area contributed by atoms with Crippen molar-refractivity contribution in [1.29, 1.82) is 0 Å². The number of piperidine rings is 1. The molecule has 0 spiro atoms. The van der Waals surface area contributed by atoms with Gasteiger partial charge in [0.2, 0.25) is 0 Å². The average Bonchev–Trinajstić information content (AvgIpc) is 2.90. The van der Waals surface area contributed by atoms with E-state index in [1.165, 1.54) is 58.3 Å². The highest BCUT2D eigenvalue weighted by molar-refractivity contribution is 4.78. The van der Waals surface area contributed by atoms with Crippen molar-refractivity contribution in [3.8, 4) is 0 Å². The summed E-state index contributed by atoms with van der Waals surface area (Å²) < 4.78 is 0. The molecule has 2 rings (SSSR count). The third-order valence-corrected chi connectivity index (χ3v) is 4.24. The van der Waals surface area contributed by atoms with Crippen LogP contribution in [0.3, 0.4) is 0 Å². The fourth-order valence-corrected chi connectivity index (χ4v) is 3.13. The van der Waals surface area contributed by atoms with Gasteiger partial charge in [-0.15, -0.1) is 0 Å². The van der Waals surface area contributed by atoms with Crippen molar-refractivity contribution in [3.05, 3.63) is 0 Å². The maximum absolute atomic E-state index is 9.17. The lowest BCUT2D eigenvalue weighted by Gasteiger charge is -2.31. The number of aliphatic hydroxyl groups excluding tert-OH is 1. The minimum Gasteiger partial charge on any atom is -0.395 e. The molecule has 18 heavy (non-hydrogen) atoms. The molecule has 2 aliphatic heterocycles. The minimum absolute atomic E-state index is 0.284. The maximum Gasteiger partial charge on any atom is 0.0558 e. The van der Waals surface area contributed by atoms with E-state index in [0.717, 1.165) is 19.6 Å². The van der Waals surface area contributed by atoms with Crippen LogP contribution in [-0.4, -0.2) is 73.4 Å². The van der Waals surface area contributed by atoms with Crippen LogP contribution in [0.4, 0.5) is 0 Å². The molecule has 0 amide bonds. The summed E-state index contributed by atoms with van der Waals surface area (Å²) in [5.41, 5.74) is 0. The summed E-state index contributed by atoms with van der Waals surface area (Å²) in [6, 6.07) is 0.651. The average molecular weight is 255 g/mol. The topological polar surface area (TPSA) is 38.7 Å². The number of nitrogens with one attached hydrogen (secondary N) is 1. The van der Waals surface area contributed by atoms with Gasteiger partial charge in [0, 0.05) is 32.2 Å². The molecule has 106 valence electrons.